The van der Waals surface area contributed by atoms with E-state index in [1.807, 2.05) is 49.4 Å². The molecule has 0 bridgehead atoms. The topological polar surface area (TPSA) is 41.5 Å². The maximum Gasteiger partial charge on any atom is 0.233 e. The van der Waals surface area contributed by atoms with Crippen LogP contribution in [-0.2, 0) is 17.1 Å². The first kappa shape index (κ1) is 17.4. The molecule has 3 rings (SSSR count). The molecule has 1 atom stereocenters. The van der Waals surface area contributed by atoms with Crippen molar-refractivity contribution in [3.05, 3.63) is 64.7 Å². The van der Waals surface area contributed by atoms with Crippen LogP contribution in [0.1, 0.15) is 18.1 Å². The quantitative estimate of drug-likeness (QED) is 0.815. The first-order valence-electron chi connectivity index (χ1n) is 7.60. The number of carbonyl (C=O) groups excluding carboxylic acids is 1. The number of benzene rings is 2. The molecule has 0 aromatic heterocycles. The van der Waals surface area contributed by atoms with Crippen LogP contribution in [0.3, 0.4) is 0 Å². The Kier molecular flexibility index (Phi) is 5.87. The van der Waals surface area contributed by atoms with Gasteiger partial charge in [-0.2, -0.15) is 0 Å². The molecule has 24 heavy (non-hydrogen) atoms. The lowest BCUT2D eigenvalue weighted by molar-refractivity contribution is -0.120. The van der Waals surface area contributed by atoms with Crippen LogP contribution in [0, 0.1) is 0 Å². The van der Waals surface area contributed by atoms with Gasteiger partial charge in [0.25, 0.3) is 0 Å². The minimum Gasteiger partial charge on any atom is -0.351 e. The third kappa shape index (κ3) is 4.35. The minimum absolute atomic E-state index is 0.0120. The van der Waals surface area contributed by atoms with E-state index >= 15 is 0 Å². The number of halogens is 1. The molecule has 1 N–H and O–H groups in total. The van der Waals surface area contributed by atoms with Gasteiger partial charge in [-0.05, 0) is 30.2 Å². The van der Waals surface area contributed by atoms with Gasteiger partial charge in [0.05, 0.1) is 10.9 Å². The molecule has 1 heterocycles. The Labute approximate surface area is 155 Å². The third-order valence-corrected chi connectivity index (χ3v) is 6.28. The van der Waals surface area contributed by atoms with Crippen LogP contribution in [0.2, 0.25) is 5.02 Å². The summed E-state index contributed by atoms with van der Waals surface area (Å²) in [5, 5.41) is 3.40. The molecule has 1 aliphatic heterocycles. The number of para-hydroxylation sites is 1. The Morgan fingerprint density at radius 2 is 2.04 bits per heavy atom. The van der Waals surface area contributed by atoms with Crippen LogP contribution in [0.25, 0.3) is 0 Å². The van der Waals surface area contributed by atoms with Gasteiger partial charge in [-0.25, -0.2) is 4.99 Å². The van der Waals surface area contributed by atoms with Crippen LogP contribution >= 0.6 is 35.1 Å². The fourth-order valence-electron chi connectivity index (χ4n) is 2.25. The molecule has 124 valence electrons. The lowest BCUT2D eigenvalue weighted by atomic mass is 10.2. The Balaban J connectivity index is 1.57. The standard InChI is InChI=1S/C18H17ClN2OS2/c1-12(17(22)20-10-13-6-2-4-8-15(13)19)24-18-21-16-9-5-3-7-14(16)11-23-18/h2-9,12H,10-11H2,1H3,(H,20,22). The first-order valence-corrected chi connectivity index (χ1v) is 9.85. The van der Waals surface area contributed by atoms with E-state index in [-0.39, 0.29) is 11.2 Å². The van der Waals surface area contributed by atoms with E-state index in [4.69, 9.17) is 11.6 Å². The average molecular weight is 377 g/mol. The van der Waals surface area contributed by atoms with Gasteiger partial charge < -0.3 is 5.32 Å². The summed E-state index contributed by atoms with van der Waals surface area (Å²) in [6.07, 6.45) is 0. The van der Waals surface area contributed by atoms with Crippen molar-refractivity contribution in [1.82, 2.24) is 5.32 Å². The van der Waals surface area contributed by atoms with E-state index in [1.54, 1.807) is 11.8 Å². The van der Waals surface area contributed by atoms with E-state index in [2.05, 4.69) is 16.4 Å². The Morgan fingerprint density at radius 1 is 1.29 bits per heavy atom. The SMILES string of the molecule is CC(SC1=Nc2ccccc2CS1)C(=O)NCc1ccccc1Cl. The van der Waals surface area contributed by atoms with E-state index < -0.39 is 0 Å². The summed E-state index contributed by atoms with van der Waals surface area (Å²) in [6.45, 7) is 2.34. The molecule has 2 aromatic rings. The molecule has 1 unspecified atom stereocenters. The van der Waals surface area contributed by atoms with Gasteiger partial charge in [0.15, 0.2) is 0 Å². The summed E-state index contributed by atoms with van der Waals surface area (Å²) in [5.74, 6) is 0.887. The Morgan fingerprint density at radius 3 is 2.88 bits per heavy atom. The number of carbonyl (C=O) groups is 1. The molecule has 6 heteroatoms. The van der Waals surface area contributed by atoms with Crippen molar-refractivity contribution in [1.29, 1.82) is 0 Å². The fraction of sp³-hybridized carbons (Fsp3) is 0.222. The second kappa shape index (κ2) is 8.10. The van der Waals surface area contributed by atoms with Gasteiger partial charge in [0, 0.05) is 17.3 Å². The molecule has 2 aromatic carbocycles. The van der Waals surface area contributed by atoms with Gasteiger partial charge in [-0.1, -0.05) is 71.5 Å². The summed E-state index contributed by atoms with van der Waals surface area (Å²) < 4.78 is 0.939. The third-order valence-electron chi connectivity index (χ3n) is 3.61. The smallest absolute Gasteiger partial charge is 0.233 e. The average Bonchev–Trinajstić information content (AvgIpc) is 2.60. The maximum atomic E-state index is 12.3. The molecule has 0 radical (unpaired) electrons. The van der Waals surface area contributed by atoms with E-state index in [0.717, 1.165) is 21.4 Å². The van der Waals surface area contributed by atoms with Gasteiger partial charge in [-0.15, -0.1) is 0 Å². The highest BCUT2D eigenvalue weighted by atomic mass is 35.5. The number of aliphatic imine (C=N–C) groups is 1. The van der Waals surface area contributed by atoms with E-state index in [9.17, 15) is 4.79 Å². The summed E-state index contributed by atoms with van der Waals surface area (Å²) >= 11 is 9.29. The summed E-state index contributed by atoms with van der Waals surface area (Å²) in [7, 11) is 0. The maximum absolute atomic E-state index is 12.3. The number of hydrogen-bond donors (Lipinski definition) is 1. The summed E-state index contributed by atoms with van der Waals surface area (Å²) in [5.41, 5.74) is 3.16. The van der Waals surface area contributed by atoms with Crippen LogP contribution in [0.15, 0.2) is 53.5 Å². The van der Waals surface area contributed by atoms with Crippen LogP contribution in [0.4, 0.5) is 5.69 Å². The van der Waals surface area contributed by atoms with Crippen molar-refractivity contribution in [3.8, 4) is 0 Å². The lowest BCUT2D eigenvalue weighted by Gasteiger charge is -2.17. The van der Waals surface area contributed by atoms with Crippen molar-refractivity contribution < 1.29 is 4.79 Å². The highest BCUT2D eigenvalue weighted by Gasteiger charge is 2.20. The first-order chi connectivity index (χ1) is 11.6. The molecule has 0 aliphatic carbocycles. The second-order valence-corrected chi connectivity index (χ2v) is 8.32. The molecular weight excluding hydrogens is 360 g/mol. The number of amides is 1. The lowest BCUT2D eigenvalue weighted by Crippen LogP contribution is -2.31. The van der Waals surface area contributed by atoms with Crippen molar-refractivity contribution >= 4 is 51.1 Å². The van der Waals surface area contributed by atoms with Crippen LogP contribution < -0.4 is 5.32 Å². The Hall–Kier alpha value is -1.43. The van der Waals surface area contributed by atoms with Gasteiger partial charge >= 0.3 is 0 Å². The highest BCUT2D eigenvalue weighted by molar-refractivity contribution is 8.39. The molecule has 1 amide bonds. The zero-order chi connectivity index (χ0) is 16.9. The second-order valence-electron chi connectivity index (χ2n) is 5.36. The highest BCUT2D eigenvalue weighted by Crippen LogP contribution is 2.35. The molecular formula is C18H17ClN2OS2. The number of thioether (sulfide) groups is 2. The number of fused-ring (bicyclic) bond motifs is 1. The number of rotatable bonds is 4. The van der Waals surface area contributed by atoms with Crippen molar-refractivity contribution in [3.63, 3.8) is 0 Å². The fourth-order valence-corrected chi connectivity index (χ4v) is 4.66. The summed E-state index contributed by atoms with van der Waals surface area (Å²) in [6, 6.07) is 15.6. The van der Waals surface area contributed by atoms with Crippen molar-refractivity contribution in [2.45, 2.75) is 24.5 Å². The van der Waals surface area contributed by atoms with Gasteiger partial charge in [-0.3, -0.25) is 4.79 Å². The van der Waals surface area contributed by atoms with Gasteiger partial charge in [0.1, 0.15) is 4.38 Å². The molecule has 1 aliphatic rings. The molecule has 0 saturated heterocycles. The predicted molar refractivity (Wildman–Crippen MR) is 105 cm³/mol. The number of hydrogen-bond acceptors (Lipinski definition) is 4. The molecule has 3 nitrogen and oxygen atoms in total. The normalized spacial score (nSPS) is 14.5. The van der Waals surface area contributed by atoms with Gasteiger partial charge in [0.2, 0.25) is 5.91 Å². The summed E-state index contributed by atoms with van der Waals surface area (Å²) in [4.78, 5) is 16.9. The van der Waals surface area contributed by atoms with Crippen molar-refractivity contribution in [2.24, 2.45) is 4.99 Å². The minimum atomic E-state index is -0.205. The number of nitrogens with zero attached hydrogens (tertiary/aromatic N) is 1. The van der Waals surface area contributed by atoms with E-state index in [1.165, 1.54) is 17.3 Å². The zero-order valence-electron chi connectivity index (χ0n) is 13.2. The van der Waals surface area contributed by atoms with Crippen LogP contribution in [-0.4, -0.2) is 15.5 Å². The predicted octanol–water partition coefficient (Wildman–Crippen LogP) is 5.01. The largest absolute Gasteiger partial charge is 0.351 e. The van der Waals surface area contributed by atoms with Crippen molar-refractivity contribution in [2.75, 3.05) is 0 Å². The van der Waals surface area contributed by atoms with E-state index in [0.29, 0.717) is 11.6 Å². The molecule has 0 spiro atoms. The zero-order valence-corrected chi connectivity index (χ0v) is 15.5. The Bertz CT molecular complexity index is 779. The number of nitrogens with one attached hydrogen (secondary N) is 1. The monoisotopic (exact) mass is 376 g/mol. The molecule has 0 fully saturated rings. The molecule has 0 saturated carbocycles. The van der Waals surface area contributed by atoms with Crippen LogP contribution in [0.5, 0.6) is 0 Å².